The number of hydrogen-bond donors (Lipinski definition) is 1. The molecule has 1 N–H and O–H groups in total. The van der Waals surface area contributed by atoms with Crippen LogP contribution < -0.4 is 5.32 Å². The van der Waals surface area contributed by atoms with Crippen LogP contribution in [-0.2, 0) is 4.74 Å². The van der Waals surface area contributed by atoms with Crippen molar-refractivity contribution in [2.45, 2.75) is 51.5 Å². The zero-order chi connectivity index (χ0) is 16.8. The van der Waals surface area contributed by atoms with Crippen molar-refractivity contribution in [2.75, 3.05) is 53.0 Å². The van der Waals surface area contributed by atoms with Gasteiger partial charge in [-0.1, -0.05) is 26.2 Å². The van der Waals surface area contributed by atoms with Crippen LogP contribution in [0.3, 0.4) is 0 Å². The van der Waals surface area contributed by atoms with Crippen LogP contribution in [0, 0.1) is 11.8 Å². The van der Waals surface area contributed by atoms with E-state index < -0.39 is 0 Å². The summed E-state index contributed by atoms with van der Waals surface area (Å²) in [6.45, 7) is 9.64. The minimum atomic E-state index is 0.674. The molecule has 1 atom stereocenters. The van der Waals surface area contributed by atoms with Crippen LogP contribution in [0.2, 0.25) is 0 Å². The molecular weight excluding hydrogens is 300 g/mol. The zero-order valence-electron chi connectivity index (χ0n) is 15.7. The minimum Gasteiger partial charge on any atom is -0.379 e. The van der Waals surface area contributed by atoms with E-state index in [-0.39, 0.29) is 0 Å². The predicted octanol–water partition coefficient (Wildman–Crippen LogP) is 2.18. The predicted molar refractivity (Wildman–Crippen MR) is 99.5 cm³/mol. The second-order valence-corrected chi connectivity index (χ2v) is 7.76. The van der Waals surface area contributed by atoms with E-state index in [4.69, 9.17) is 4.74 Å². The molecule has 24 heavy (non-hydrogen) atoms. The van der Waals surface area contributed by atoms with Crippen LogP contribution >= 0.6 is 0 Å². The summed E-state index contributed by atoms with van der Waals surface area (Å²) < 4.78 is 5.48. The maximum atomic E-state index is 5.48. The molecule has 5 heteroatoms. The van der Waals surface area contributed by atoms with Crippen LogP contribution in [0.4, 0.5) is 0 Å². The number of rotatable bonds is 4. The summed E-state index contributed by atoms with van der Waals surface area (Å²) >= 11 is 0. The van der Waals surface area contributed by atoms with Crippen molar-refractivity contribution in [3.63, 3.8) is 0 Å². The van der Waals surface area contributed by atoms with Crippen LogP contribution in [0.1, 0.15) is 45.4 Å². The molecule has 2 heterocycles. The van der Waals surface area contributed by atoms with E-state index in [0.717, 1.165) is 63.7 Å². The molecule has 1 aliphatic carbocycles. The third-order valence-corrected chi connectivity index (χ3v) is 6.33. The second kappa shape index (κ2) is 9.04. The minimum absolute atomic E-state index is 0.674. The smallest absolute Gasteiger partial charge is 0.193 e. The van der Waals surface area contributed by atoms with Gasteiger partial charge in [-0.2, -0.15) is 0 Å². The standard InChI is InChI=1S/C19H36N4O/c1-3-16-4-6-17(7-5-16)14-21-19(20-2)23-9-8-18(15-23)22-10-12-24-13-11-22/h16-18H,3-15H2,1-2H3,(H,20,21). The van der Waals surface area contributed by atoms with E-state index >= 15 is 0 Å². The molecule has 0 radical (unpaired) electrons. The van der Waals surface area contributed by atoms with E-state index in [9.17, 15) is 0 Å². The van der Waals surface area contributed by atoms with Gasteiger partial charge < -0.3 is 15.0 Å². The lowest BCUT2D eigenvalue weighted by atomic mass is 9.81. The molecule has 0 bridgehead atoms. The number of nitrogens with zero attached hydrogens (tertiary/aromatic N) is 3. The van der Waals surface area contributed by atoms with E-state index in [2.05, 4.69) is 27.0 Å². The van der Waals surface area contributed by atoms with E-state index in [1.807, 2.05) is 7.05 Å². The molecule has 5 nitrogen and oxygen atoms in total. The van der Waals surface area contributed by atoms with Gasteiger partial charge >= 0.3 is 0 Å². The largest absolute Gasteiger partial charge is 0.379 e. The average Bonchev–Trinajstić information content (AvgIpc) is 3.13. The second-order valence-electron chi connectivity index (χ2n) is 7.76. The quantitative estimate of drug-likeness (QED) is 0.631. The first-order chi connectivity index (χ1) is 11.8. The van der Waals surface area contributed by atoms with E-state index in [1.165, 1.54) is 38.5 Å². The molecule has 0 aromatic rings. The molecule has 2 aliphatic heterocycles. The lowest BCUT2D eigenvalue weighted by Gasteiger charge is -2.32. The topological polar surface area (TPSA) is 40.1 Å². The lowest BCUT2D eigenvalue weighted by molar-refractivity contribution is 0.0195. The molecule has 0 aromatic carbocycles. The fraction of sp³-hybridized carbons (Fsp3) is 0.947. The molecular formula is C19H36N4O. The molecule has 3 aliphatic rings. The van der Waals surface area contributed by atoms with Crippen molar-refractivity contribution in [3.8, 4) is 0 Å². The van der Waals surface area contributed by atoms with Crippen LogP contribution in [-0.4, -0.2) is 74.8 Å². The Kier molecular flexibility index (Phi) is 6.78. The first-order valence-electron chi connectivity index (χ1n) is 10.1. The molecule has 0 aromatic heterocycles. The normalized spacial score (nSPS) is 33.0. The summed E-state index contributed by atoms with van der Waals surface area (Å²) in [7, 11) is 1.93. The molecule has 1 unspecified atom stereocenters. The average molecular weight is 337 g/mol. The van der Waals surface area contributed by atoms with Crippen molar-refractivity contribution in [3.05, 3.63) is 0 Å². The Morgan fingerprint density at radius 2 is 1.75 bits per heavy atom. The highest BCUT2D eigenvalue weighted by Crippen LogP contribution is 2.30. The third-order valence-electron chi connectivity index (χ3n) is 6.33. The highest BCUT2D eigenvalue weighted by atomic mass is 16.5. The van der Waals surface area contributed by atoms with Crippen molar-refractivity contribution in [1.82, 2.24) is 15.1 Å². The summed E-state index contributed by atoms with van der Waals surface area (Å²) in [6.07, 6.45) is 8.23. The Hall–Kier alpha value is -0.810. The number of hydrogen-bond acceptors (Lipinski definition) is 3. The maximum Gasteiger partial charge on any atom is 0.193 e. The molecule has 0 amide bonds. The highest BCUT2D eigenvalue weighted by molar-refractivity contribution is 5.80. The Morgan fingerprint density at radius 3 is 2.42 bits per heavy atom. The van der Waals surface area contributed by atoms with E-state index in [0.29, 0.717) is 6.04 Å². The number of morpholine rings is 1. The maximum absolute atomic E-state index is 5.48. The number of likely N-dealkylation sites (tertiary alicyclic amines) is 1. The number of nitrogens with one attached hydrogen (secondary N) is 1. The van der Waals surface area contributed by atoms with Gasteiger partial charge in [0.05, 0.1) is 13.2 Å². The van der Waals surface area contributed by atoms with Gasteiger partial charge in [-0.15, -0.1) is 0 Å². The van der Waals surface area contributed by atoms with Gasteiger partial charge in [-0.25, -0.2) is 0 Å². The molecule has 3 fully saturated rings. The third kappa shape index (κ3) is 4.63. The van der Waals surface area contributed by atoms with Gasteiger partial charge in [0.15, 0.2) is 5.96 Å². The van der Waals surface area contributed by atoms with Gasteiger partial charge in [-0.3, -0.25) is 9.89 Å². The Bertz CT molecular complexity index is 400. The van der Waals surface area contributed by atoms with Crippen molar-refractivity contribution in [2.24, 2.45) is 16.8 Å². The number of ether oxygens (including phenoxy) is 1. The van der Waals surface area contributed by atoms with Gasteiger partial charge in [0.25, 0.3) is 0 Å². The van der Waals surface area contributed by atoms with Crippen LogP contribution in [0.15, 0.2) is 4.99 Å². The Labute approximate surface area is 147 Å². The summed E-state index contributed by atoms with van der Waals surface area (Å²) in [5, 5.41) is 3.67. The van der Waals surface area contributed by atoms with Gasteiger partial charge in [0, 0.05) is 45.8 Å². The monoisotopic (exact) mass is 336 g/mol. The zero-order valence-corrected chi connectivity index (χ0v) is 15.7. The van der Waals surface area contributed by atoms with Crippen LogP contribution in [0.25, 0.3) is 0 Å². The van der Waals surface area contributed by atoms with Gasteiger partial charge in [0.1, 0.15) is 0 Å². The summed E-state index contributed by atoms with van der Waals surface area (Å²) in [6, 6.07) is 0.674. The Morgan fingerprint density at radius 1 is 1.04 bits per heavy atom. The Balaban J connectivity index is 1.42. The summed E-state index contributed by atoms with van der Waals surface area (Å²) in [4.78, 5) is 9.61. The molecule has 3 rings (SSSR count). The first kappa shape index (κ1) is 18.0. The van der Waals surface area contributed by atoms with Gasteiger partial charge in [0.2, 0.25) is 0 Å². The molecule has 1 saturated carbocycles. The number of aliphatic imine (C=N–C) groups is 1. The molecule has 2 saturated heterocycles. The lowest BCUT2D eigenvalue weighted by Crippen LogP contribution is -2.47. The van der Waals surface area contributed by atoms with Crippen LogP contribution in [0.5, 0.6) is 0 Å². The fourth-order valence-electron chi connectivity index (χ4n) is 4.59. The molecule has 0 spiro atoms. The SMILES string of the molecule is CCC1CCC(CNC(=NC)N2CCC(N3CCOCC3)C2)CC1. The summed E-state index contributed by atoms with van der Waals surface area (Å²) in [5.41, 5.74) is 0. The van der Waals surface area contributed by atoms with E-state index in [1.54, 1.807) is 0 Å². The first-order valence-corrected chi connectivity index (χ1v) is 10.1. The fourth-order valence-corrected chi connectivity index (χ4v) is 4.59. The van der Waals surface area contributed by atoms with Crippen molar-refractivity contribution >= 4 is 5.96 Å². The highest BCUT2D eigenvalue weighted by Gasteiger charge is 2.30. The van der Waals surface area contributed by atoms with Crippen molar-refractivity contribution in [1.29, 1.82) is 0 Å². The molecule has 138 valence electrons. The number of guanidine groups is 1. The summed E-state index contributed by atoms with van der Waals surface area (Å²) in [5.74, 6) is 2.93. The van der Waals surface area contributed by atoms with Gasteiger partial charge in [-0.05, 0) is 31.1 Å². The van der Waals surface area contributed by atoms with Crippen molar-refractivity contribution < 1.29 is 4.74 Å².